The number of hydrogen-bond donors (Lipinski definition) is 0. The second-order valence-corrected chi connectivity index (χ2v) is 5.37. The van der Waals surface area contributed by atoms with E-state index in [-0.39, 0.29) is 0 Å². The van der Waals surface area contributed by atoms with Gasteiger partial charge in [0, 0.05) is 18.5 Å². The minimum absolute atomic E-state index is 0.308. The van der Waals surface area contributed by atoms with Crippen molar-refractivity contribution in [3.63, 3.8) is 0 Å². The summed E-state index contributed by atoms with van der Waals surface area (Å²) in [6, 6.07) is 0.308. The number of halogens is 2. The Kier molecular flexibility index (Phi) is 4.09. The van der Waals surface area contributed by atoms with Gasteiger partial charge < -0.3 is 9.64 Å². The van der Waals surface area contributed by atoms with Gasteiger partial charge in [-0.15, -0.1) is 11.6 Å². The molecule has 0 aliphatic carbocycles. The highest BCUT2D eigenvalue weighted by Crippen LogP contribution is 2.30. The van der Waals surface area contributed by atoms with Crippen LogP contribution >= 0.6 is 27.5 Å². The third kappa shape index (κ3) is 2.50. The molecule has 0 N–H and O–H groups in total. The monoisotopic (exact) mass is 319 g/mol. The first-order valence-corrected chi connectivity index (χ1v) is 6.89. The Hall–Kier alpha value is -0.550. The largest absolute Gasteiger partial charge is 0.480 e. The van der Waals surface area contributed by atoms with Gasteiger partial charge in [-0.1, -0.05) is 6.92 Å². The Morgan fingerprint density at radius 1 is 1.65 bits per heavy atom. The lowest BCUT2D eigenvalue weighted by Crippen LogP contribution is -2.34. The lowest BCUT2D eigenvalue weighted by atomic mass is 10.1. The van der Waals surface area contributed by atoms with Crippen LogP contribution < -0.4 is 9.64 Å². The second kappa shape index (κ2) is 5.40. The van der Waals surface area contributed by atoms with E-state index in [4.69, 9.17) is 16.3 Å². The number of anilines is 1. The molecule has 1 aliphatic heterocycles. The molecule has 6 heteroatoms. The Bertz CT molecular complexity index is 404. The van der Waals surface area contributed by atoms with E-state index in [1.807, 2.05) is 0 Å². The minimum Gasteiger partial charge on any atom is -0.480 e. The van der Waals surface area contributed by atoms with E-state index in [0.29, 0.717) is 29.7 Å². The predicted octanol–water partition coefficient (Wildman–Crippen LogP) is 2.70. The maximum absolute atomic E-state index is 6.01. The number of alkyl halides is 1. The summed E-state index contributed by atoms with van der Waals surface area (Å²) >= 11 is 9.36. The summed E-state index contributed by atoms with van der Waals surface area (Å²) < 4.78 is 5.95. The normalized spacial score (nSPS) is 24.1. The van der Waals surface area contributed by atoms with Crippen molar-refractivity contribution < 1.29 is 4.74 Å². The molecule has 0 saturated carbocycles. The van der Waals surface area contributed by atoms with E-state index in [1.54, 1.807) is 13.3 Å². The fourth-order valence-electron chi connectivity index (χ4n) is 2.12. The Balaban J connectivity index is 2.28. The Morgan fingerprint density at radius 3 is 3.06 bits per heavy atom. The van der Waals surface area contributed by atoms with Gasteiger partial charge >= 0.3 is 0 Å². The molecule has 2 rings (SSSR count). The molecule has 1 aromatic heterocycles. The number of nitrogens with zero attached hydrogens (tertiary/aromatic N) is 3. The highest BCUT2D eigenvalue weighted by Gasteiger charge is 2.32. The van der Waals surface area contributed by atoms with E-state index >= 15 is 0 Å². The molecular weight excluding hydrogens is 305 g/mol. The van der Waals surface area contributed by atoms with Crippen molar-refractivity contribution in [2.24, 2.45) is 5.92 Å². The average molecular weight is 321 g/mol. The zero-order chi connectivity index (χ0) is 12.4. The fraction of sp³-hybridized carbons (Fsp3) is 0.636. The number of aromatic nitrogens is 2. The fourth-order valence-corrected chi connectivity index (χ4v) is 2.94. The van der Waals surface area contributed by atoms with Crippen LogP contribution in [-0.4, -0.2) is 35.5 Å². The van der Waals surface area contributed by atoms with Gasteiger partial charge in [-0.25, -0.2) is 4.98 Å². The molecule has 1 aliphatic rings. The zero-order valence-corrected chi connectivity index (χ0v) is 12.2. The lowest BCUT2D eigenvalue weighted by Gasteiger charge is -2.25. The molecule has 0 amide bonds. The molecule has 2 atom stereocenters. The highest BCUT2D eigenvalue weighted by molar-refractivity contribution is 9.10. The molecule has 1 fully saturated rings. The van der Waals surface area contributed by atoms with Gasteiger partial charge in [0.1, 0.15) is 0 Å². The third-order valence-electron chi connectivity index (χ3n) is 3.19. The van der Waals surface area contributed by atoms with E-state index in [0.717, 1.165) is 17.4 Å². The minimum atomic E-state index is 0.308. The Morgan fingerprint density at radius 2 is 2.41 bits per heavy atom. The molecule has 0 radical (unpaired) electrons. The van der Waals surface area contributed by atoms with Crippen LogP contribution in [0.2, 0.25) is 0 Å². The molecule has 0 bridgehead atoms. The van der Waals surface area contributed by atoms with Gasteiger partial charge in [0.2, 0.25) is 11.8 Å². The first kappa shape index (κ1) is 12.9. The summed E-state index contributed by atoms with van der Waals surface area (Å²) in [6.07, 6.45) is 2.84. The molecule has 0 spiro atoms. The van der Waals surface area contributed by atoms with Gasteiger partial charge in [0.15, 0.2) is 0 Å². The van der Waals surface area contributed by atoms with Gasteiger partial charge in [-0.2, -0.15) is 4.98 Å². The molecule has 0 aromatic carbocycles. The predicted molar refractivity (Wildman–Crippen MR) is 71.9 cm³/mol. The van der Waals surface area contributed by atoms with Crippen molar-refractivity contribution >= 4 is 33.5 Å². The van der Waals surface area contributed by atoms with E-state index in [2.05, 4.69) is 37.7 Å². The summed E-state index contributed by atoms with van der Waals surface area (Å²) in [5, 5.41) is 0. The zero-order valence-electron chi connectivity index (χ0n) is 9.86. The van der Waals surface area contributed by atoms with Gasteiger partial charge in [-0.05, 0) is 28.3 Å². The van der Waals surface area contributed by atoms with Crippen LogP contribution in [0.5, 0.6) is 5.88 Å². The summed E-state index contributed by atoms with van der Waals surface area (Å²) in [5.74, 6) is 2.43. The molecule has 1 saturated heterocycles. The molecule has 94 valence electrons. The topological polar surface area (TPSA) is 38.2 Å². The van der Waals surface area contributed by atoms with E-state index in [1.165, 1.54) is 0 Å². The smallest absolute Gasteiger partial charge is 0.232 e. The molecule has 2 unspecified atom stereocenters. The van der Waals surface area contributed by atoms with Crippen LogP contribution in [0.25, 0.3) is 0 Å². The average Bonchev–Trinajstić information content (AvgIpc) is 2.71. The van der Waals surface area contributed by atoms with Crippen LogP contribution in [0, 0.1) is 5.92 Å². The maximum Gasteiger partial charge on any atom is 0.232 e. The van der Waals surface area contributed by atoms with E-state index < -0.39 is 0 Å². The van der Waals surface area contributed by atoms with Crippen LogP contribution in [0.15, 0.2) is 10.7 Å². The first-order valence-electron chi connectivity index (χ1n) is 5.56. The van der Waals surface area contributed by atoms with Crippen LogP contribution in [0.4, 0.5) is 5.95 Å². The molecule has 4 nitrogen and oxygen atoms in total. The number of hydrogen-bond acceptors (Lipinski definition) is 4. The summed E-state index contributed by atoms with van der Waals surface area (Å²) in [4.78, 5) is 10.9. The Labute approximate surface area is 114 Å². The van der Waals surface area contributed by atoms with Gasteiger partial charge in [-0.3, -0.25) is 0 Å². The van der Waals surface area contributed by atoms with E-state index in [9.17, 15) is 0 Å². The van der Waals surface area contributed by atoms with Crippen LogP contribution in [-0.2, 0) is 0 Å². The summed E-state index contributed by atoms with van der Waals surface area (Å²) in [7, 11) is 1.60. The summed E-state index contributed by atoms with van der Waals surface area (Å²) in [5.41, 5.74) is 0. The molecular formula is C11H15BrClN3O. The van der Waals surface area contributed by atoms with Crippen molar-refractivity contribution in [2.45, 2.75) is 19.4 Å². The summed E-state index contributed by atoms with van der Waals surface area (Å²) in [6.45, 7) is 3.16. The quantitative estimate of drug-likeness (QED) is 0.803. The SMILES string of the molecule is COc1nc(N2CCC(C)C2CCl)ncc1Br. The standard InChI is InChI=1S/C11H15BrClN3O/c1-7-3-4-16(9(7)5-13)11-14-6-8(12)10(15-11)17-2/h6-7,9H,3-5H2,1-2H3. The number of ether oxygens (including phenoxy) is 1. The lowest BCUT2D eigenvalue weighted by molar-refractivity contribution is 0.393. The highest BCUT2D eigenvalue weighted by atomic mass is 79.9. The number of methoxy groups -OCH3 is 1. The third-order valence-corrected chi connectivity index (χ3v) is 4.05. The number of rotatable bonds is 3. The van der Waals surface area contributed by atoms with Crippen molar-refractivity contribution in [1.29, 1.82) is 0 Å². The first-order chi connectivity index (χ1) is 8.17. The van der Waals surface area contributed by atoms with Crippen molar-refractivity contribution in [2.75, 3.05) is 24.4 Å². The molecule has 1 aromatic rings. The van der Waals surface area contributed by atoms with Crippen molar-refractivity contribution in [3.05, 3.63) is 10.7 Å². The van der Waals surface area contributed by atoms with Crippen molar-refractivity contribution in [3.8, 4) is 5.88 Å². The van der Waals surface area contributed by atoms with Crippen LogP contribution in [0.3, 0.4) is 0 Å². The molecule has 17 heavy (non-hydrogen) atoms. The van der Waals surface area contributed by atoms with Gasteiger partial charge in [0.05, 0.1) is 17.8 Å². The maximum atomic E-state index is 6.01. The van der Waals surface area contributed by atoms with Gasteiger partial charge in [0.25, 0.3) is 0 Å². The van der Waals surface area contributed by atoms with Crippen molar-refractivity contribution in [1.82, 2.24) is 9.97 Å². The second-order valence-electron chi connectivity index (χ2n) is 4.21. The molecule has 2 heterocycles. The van der Waals surface area contributed by atoms with Crippen LogP contribution in [0.1, 0.15) is 13.3 Å².